The summed E-state index contributed by atoms with van der Waals surface area (Å²) in [5.74, 6) is 1.53. The van der Waals surface area contributed by atoms with E-state index in [0.29, 0.717) is 21.6 Å². The van der Waals surface area contributed by atoms with E-state index in [9.17, 15) is 9.59 Å². The zero-order valence-electron chi connectivity index (χ0n) is 15.0. The van der Waals surface area contributed by atoms with Crippen LogP contribution in [0, 0.1) is 6.92 Å². The summed E-state index contributed by atoms with van der Waals surface area (Å²) in [5, 5.41) is 3.47. The number of nitrogens with one attached hydrogen (secondary N) is 2. The van der Waals surface area contributed by atoms with Crippen molar-refractivity contribution < 1.29 is 4.79 Å². The largest absolute Gasteiger partial charge is 0.325 e. The molecule has 0 fully saturated rings. The lowest BCUT2D eigenvalue weighted by Gasteiger charge is -2.12. The van der Waals surface area contributed by atoms with Crippen LogP contribution < -0.4 is 10.9 Å². The van der Waals surface area contributed by atoms with E-state index in [0.717, 1.165) is 23.4 Å². The van der Waals surface area contributed by atoms with E-state index in [1.54, 1.807) is 24.8 Å². The van der Waals surface area contributed by atoms with Crippen LogP contribution in [0.5, 0.6) is 0 Å². The molecule has 1 amide bonds. The van der Waals surface area contributed by atoms with Crippen LogP contribution in [0.3, 0.4) is 0 Å². The first-order chi connectivity index (χ1) is 12.4. The zero-order valence-corrected chi connectivity index (χ0v) is 17.4. The molecule has 1 aromatic carbocycles. The predicted octanol–water partition coefficient (Wildman–Crippen LogP) is 4.49. The minimum atomic E-state index is -0.420. The summed E-state index contributed by atoms with van der Waals surface area (Å²) in [4.78, 5) is 31.4. The zero-order chi connectivity index (χ0) is 19.1. The van der Waals surface area contributed by atoms with Gasteiger partial charge in [-0.25, -0.2) is 4.98 Å². The highest BCUT2D eigenvalue weighted by molar-refractivity contribution is 8.00. The summed E-state index contributed by atoms with van der Waals surface area (Å²) in [6.45, 7) is 5.79. The number of H-pyrrole nitrogens is 1. The number of aromatic amines is 1. The standard InChI is InChI=1S/C18H22ClN3O2S2/c1-4-7-25-10-14-9-16(23)22-18(21-14)26-12(3)17(24)20-13-6-5-11(2)15(19)8-13/h5-6,8-9,12H,4,7,10H2,1-3H3,(H,20,24)(H,21,22,23). The van der Waals surface area contributed by atoms with Crippen LogP contribution in [0.25, 0.3) is 0 Å². The molecule has 0 aliphatic carbocycles. The molecular formula is C18H22ClN3O2S2. The Bertz CT molecular complexity index is 826. The van der Waals surface area contributed by atoms with Gasteiger partial charge in [0.15, 0.2) is 5.16 Å². The lowest BCUT2D eigenvalue weighted by Crippen LogP contribution is -2.23. The maximum absolute atomic E-state index is 12.4. The van der Waals surface area contributed by atoms with Gasteiger partial charge < -0.3 is 10.3 Å². The highest BCUT2D eigenvalue weighted by Crippen LogP contribution is 2.23. The summed E-state index contributed by atoms with van der Waals surface area (Å²) in [6, 6.07) is 6.89. The summed E-state index contributed by atoms with van der Waals surface area (Å²) in [6.07, 6.45) is 1.08. The minimum Gasteiger partial charge on any atom is -0.325 e. The molecule has 5 nitrogen and oxygen atoms in total. The van der Waals surface area contributed by atoms with E-state index >= 15 is 0 Å². The predicted molar refractivity (Wildman–Crippen MR) is 111 cm³/mol. The van der Waals surface area contributed by atoms with Crippen molar-refractivity contribution in [1.29, 1.82) is 0 Å². The van der Waals surface area contributed by atoms with Crippen molar-refractivity contribution in [3.63, 3.8) is 0 Å². The number of hydrogen-bond donors (Lipinski definition) is 2. The summed E-state index contributed by atoms with van der Waals surface area (Å²) in [7, 11) is 0. The van der Waals surface area contributed by atoms with E-state index in [-0.39, 0.29) is 11.5 Å². The second kappa shape index (κ2) is 10.0. The molecule has 140 valence electrons. The molecule has 8 heteroatoms. The highest BCUT2D eigenvalue weighted by Gasteiger charge is 2.17. The Morgan fingerprint density at radius 3 is 2.85 bits per heavy atom. The Morgan fingerprint density at radius 2 is 2.15 bits per heavy atom. The van der Waals surface area contributed by atoms with Gasteiger partial charge in [0, 0.05) is 22.5 Å². The van der Waals surface area contributed by atoms with E-state index in [1.165, 1.54) is 17.8 Å². The lowest BCUT2D eigenvalue weighted by molar-refractivity contribution is -0.115. The van der Waals surface area contributed by atoms with Crippen LogP contribution in [0.4, 0.5) is 5.69 Å². The molecule has 0 spiro atoms. The van der Waals surface area contributed by atoms with Crippen LogP contribution in [-0.2, 0) is 10.5 Å². The van der Waals surface area contributed by atoms with Crippen LogP contribution in [-0.4, -0.2) is 26.9 Å². The molecule has 2 N–H and O–H groups in total. The Labute approximate surface area is 166 Å². The third-order valence-electron chi connectivity index (χ3n) is 3.47. The smallest absolute Gasteiger partial charge is 0.251 e. The Hall–Kier alpha value is -1.44. The number of carbonyl (C=O) groups is 1. The summed E-state index contributed by atoms with van der Waals surface area (Å²) < 4.78 is 0. The topological polar surface area (TPSA) is 74.8 Å². The molecule has 0 aliphatic heterocycles. The maximum atomic E-state index is 12.4. The molecular weight excluding hydrogens is 390 g/mol. The second-order valence-electron chi connectivity index (χ2n) is 5.81. The van der Waals surface area contributed by atoms with Gasteiger partial charge in [-0.1, -0.05) is 36.4 Å². The fourth-order valence-electron chi connectivity index (χ4n) is 2.07. The lowest BCUT2D eigenvalue weighted by atomic mass is 10.2. The number of hydrogen-bond acceptors (Lipinski definition) is 5. The third-order valence-corrected chi connectivity index (χ3v) is 6.06. The number of benzene rings is 1. The molecule has 2 rings (SSSR count). The van der Waals surface area contributed by atoms with Gasteiger partial charge in [0.25, 0.3) is 5.56 Å². The van der Waals surface area contributed by atoms with Crippen LogP contribution in [0.15, 0.2) is 34.2 Å². The molecule has 0 bridgehead atoms. The van der Waals surface area contributed by atoms with Crippen molar-refractivity contribution in [3.05, 3.63) is 50.9 Å². The van der Waals surface area contributed by atoms with Gasteiger partial charge in [-0.15, -0.1) is 0 Å². The quantitative estimate of drug-likeness (QED) is 0.380. The number of carbonyl (C=O) groups excluding carboxylic acids is 1. The molecule has 0 radical (unpaired) electrons. The average molecular weight is 412 g/mol. The summed E-state index contributed by atoms with van der Waals surface area (Å²) >= 11 is 9.05. The van der Waals surface area contributed by atoms with Gasteiger partial charge in [-0.3, -0.25) is 9.59 Å². The van der Waals surface area contributed by atoms with E-state index in [4.69, 9.17) is 11.6 Å². The highest BCUT2D eigenvalue weighted by atomic mass is 35.5. The molecule has 1 atom stereocenters. The molecule has 1 aromatic heterocycles. The fraction of sp³-hybridized carbons (Fsp3) is 0.389. The normalized spacial score (nSPS) is 12.0. The van der Waals surface area contributed by atoms with E-state index in [1.807, 2.05) is 19.1 Å². The number of aryl methyl sites for hydroxylation is 1. The van der Waals surface area contributed by atoms with Crippen molar-refractivity contribution in [3.8, 4) is 0 Å². The fourth-order valence-corrected chi connectivity index (χ4v) is 3.87. The number of rotatable bonds is 8. The molecule has 1 unspecified atom stereocenters. The first-order valence-corrected chi connectivity index (χ1v) is 10.7. The van der Waals surface area contributed by atoms with Crippen molar-refractivity contribution in [1.82, 2.24) is 9.97 Å². The van der Waals surface area contributed by atoms with Gasteiger partial charge in [0.1, 0.15) is 0 Å². The SMILES string of the molecule is CCCSCc1cc(=O)[nH]c(SC(C)C(=O)Nc2ccc(C)c(Cl)c2)n1. The first-order valence-electron chi connectivity index (χ1n) is 8.30. The number of thioether (sulfide) groups is 2. The Balaban J connectivity index is 2.01. The summed E-state index contributed by atoms with van der Waals surface area (Å²) in [5.41, 5.74) is 2.12. The average Bonchev–Trinajstić information content (AvgIpc) is 2.58. The monoisotopic (exact) mass is 411 g/mol. The van der Waals surface area contributed by atoms with E-state index in [2.05, 4.69) is 22.2 Å². The van der Waals surface area contributed by atoms with Gasteiger partial charge in [0.05, 0.1) is 10.9 Å². The molecule has 1 heterocycles. The first kappa shape index (κ1) is 20.9. The van der Waals surface area contributed by atoms with Gasteiger partial charge in [0.2, 0.25) is 5.91 Å². The Kier molecular flexibility index (Phi) is 8.06. The Morgan fingerprint density at radius 1 is 1.38 bits per heavy atom. The minimum absolute atomic E-state index is 0.177. The number of nitrogens with zero attached hydrogens (tertiary/aromatic N) is 1. The maximum Gasteiger partial charge on any atom is 0.251 e. The van der Waals surface area contributed by atoms with Crippen molar-refractivity contribution in [2.75, 3.05) is 11.1 Å². The number of aromatic nitrogens is 2. The van der Waals surface area contributed by atoms with Crippen molar-refractivity contribution >= 4 is 46.7 Å². The molecule has 0 saturated heterocycles. The van der Waals surface area contributed by atoms with Gasteiger partial charge >= 0.3 is 0 Å². The van der Waals surface area contributed by atoms with Crippen molar-refractivity contribution in [2.24, 2.45) is 0 Å². The molecule has 0 saturated carbocycles. The van der Waals surface area contributed by atoms with Crippen LogP contribution in [0.1, 0.15) is 31.5 Å². The van der Waals surface area contributed by atoms with Crippen molar-refractivity contribution in [2.45, 2.75) is 43.4 Å². The van der Waals surface area contributed by atoms with Gasteiger partial charge in [-0.05, 0) is 43.7 Å². The molecule has 26 heavy (non-hydrogen) atoms. The molecule has 0 aliphatic rings. The van der Waals surface area contributed by atoms with E-state index < -0.39 is 5.25 Å². The third kappa shape index (κ3) is 6.37. The van der Waals surface area contributed by atoms with Crippen LogP contribution in [0.2, 0.25) is 5.02 Å². The number of amides is 1. The number of anilines is 1. The number of halogens is 1. The van der Waals surface area contributed by atoms with Crippen LogP contribution >= 0.6 is 35.1 Å². The second-order valence-corrected chi connectivity index (χ2v) is 8.65. The molecule has 2 aromatic rings. The van der Waals surface area contributed by atoms with Gasteiger partial charge in [-0.2, -0.15) is 11.8 Å².